The fourth-order valence-electron chi connectivity index (χ4n) is 2.05. The summed E-state index contributed by atoms with van der Waals surface area (Å²) in [6, 6.07) is 14.6. The van der Waals surface area contributed by atoms with Crippen LogP contribution in [0.3, 0.4) is 0 Å². The lowest BCUT2D eigenvalue weighted by Crippen LogP contribution is -2.24. The van der Waals surface area contributed by atoms with Gasteiger partial charge in [-0.05, 0) is 48.4 Å². The maximum absolute atomic E-state index is 11.8. The van der Waals surface area contributed by atoms with Crippen LogP contribution in [0, 0.1) is 0 Å². The Morgan fingerprint density at radius 2 is 1.81 bits per heavy atom. The van der Waals surface area contributed by atoms with Gasteiger partial charge in [-0.25, -0.2) is 5.43 Å². The van der Waals surface area contributed by atoms with Gasteiger partial charge in [0.05, 0.1) is 19.9 Å². The molecule has 0 heterocycles. The van der Waals surface area contributed by atoms with E-state index in [2.05, 4.69) is 17.5 Å². The van der Waals surface area contributed by atoms with Crippen molar-refractivity contribution >= 4 is 12.1 Å². The lowest BCUT2D eigenvalue weighted by atomic mass is 10.2. The molecule has 2 rings (SSSR count). The van der Waals surface area contributed by atoms with E-state index in [1.807, 2.05) is 36.4 Å². The molecular weight excluding hydrogens is 332 g/mol. The number of unbranched alkanes of at least 4 members (excludes halogenated alkanes) is 1. The fraction of sp³-hybridized carbons (Fsp3) is 0.300. The van der Waals surface area contributed by atoms with Gasteiger partial charge in [0.15, 0.2) is 6.61 Å². The smallest absolute Gasteiger partial charge is 0.277 e. The van der Waals surface area contributed by atoms with Crippen LogP contribution in [0.4, 0.5) is 0 Å². The Kier molecular flexibility index (Phi) is 7.99. The molecule has 0 radical (unpaired) electrons. The molecule has 0 bridgehead atoms. The van der Waals surface area contributed by atoms with Gasteiger partial charge in [-0.1, -0.05) is 25.5 Å². The minimum absolute atomic E-state index is 0.120. The van der Waals surface area contributed by atoms with E-state index in [0.717, 1.165) is 29.9 Å². The summed E-state index contributed by atoms with van der Waals surface area (Å²) in [5.74, 6) is 1.77. The van der Waals surface area contributed by atoms with Crippen molar-refractivity contribution in [1.82, 2.24) is 5.43 Å². The Morgan fingerprint density at radius 3 is 2.50 bits per heavy atom. The molecule has 0 fully saturated rings. The van der Waals surface area contributed by atoms with Gasteiger partial charge in [-0.3, -0.25) is 4.79 Å². The SMILES string of the molecule is CCCCOc1ccc(OCC(=O)N/N=C\c2cccc(OC)c2)cc1. The molecule has 1 amide bonds. The second-order valence-corrected chi connectivity index (χ2v) is 5.53. The van der Waals surface area contributed by atoms with Crippen molar-refractivity contribution in [3.8, 4) is 17.2 Å². The van der Waals surface area contributed by atoms with E-state index < -0.39 is 0 Å². The van der Waals surface area contributed by atoms with Gasteiger partial charge in [-0.15, -0.1) is 0 Å². The van der Waals surface area contributed by atoms with Gasteiger partial charge in [0, 0.05) is 0 Å². The first-order valence-electron chi connectivity index (χ1n) is 8.53. The Bertz CT molecular complexity index is 714. The summed E-state index contributed by atoms with van der Waals surface area (Å²) in [5, 5.41) is 3.91. The highest BCUT2D eigenvalue weighted by Gasteiger charge is 2.02. The van der Waals surface area contributed by atoms with Crippen LogP contribution in [0.5, 0.6) is 17.2 Å². The van der Waals surface area contributed by atoms with Crippen molar-refractivity contribution in [3.63, 3.8) is 0 Å². The molecule has 2 aromatic rings. The van der Waals surface area contributed by atoms with Crippen LogP contribution in [0.25, 0.3) is 0 Å². The lowest BCUT2D eigenvalue weighted by molar-refractivity contribution is -0.123. The first-order chi connectivity index (χ1) is 12.7. The zero-order valence-electron chi connectivity index (χ0n) is 15.1. The first-order valence-corrected chi connectivity index (χ1v) is 8.53. The zero-order valence-corrected chi connectivity index (χ0v) is 15.1. The molecule has 1 N–H and O–H groups in total. The molecule has 0 aliphatic heterocycles. The minimum atomic E-state index is -0.340. The van der Waals surface area contributed by atoms with Crippen LogP contribution in [0.1, 0.15) is 25.3 Å². The van der Waals surface area contributed by atoms with Crippen LogP contribution in [-0.4, -0.2) is 32.4 Å². The fourth-order valence-corrected chi connectivity index (χ4v) is 2.05. The second-order valence-electron chi connectivity index (χ2n) is 5.53. The number of methoxy groups -OCH3 is 1. The molecule has 6 heteroatoms. The zero-order chi connectivity index (χ0) is 18.6. The molecule has 0 spiro atoms. The van der Waals surface area contributed by atoms with Crippen molar-refractivity contribution in [2.24, 2.45) is 5.10 Å². The van der Waals surface area contributed by atoms with Gasteiger partial charge in [-0.2, -0.15) is 5.10 Å². The Balaban J connectivity index is 1.73. The third-order valence-electron chi connectivity index (χ3n) is 3.46. The summed E-state index contributed by atoms with van der Waals surface area (Å²) in [6.45, 7) is 2.70. The molecule has 0 saturated heterocycles. The average molecular weight is 356 g/mol. The van der Waals surface area contributed by atoms with Crippen molar-refractivity contribution in [3.05, 3.63) is 54.1 Å². The van der Waals surface area contributed by atoms with Crippen molar-refractivity contribution in [2.75, 3.05) is 20.3 Å². The number of benzene rings is 2. The highest BCUT2D eigenvalue weighted by Crippen LogP contribution is 2.17. The summed E-state index contributed by atoms with van der Waals surface area (Å²) in [5.41, 5.74) is 3.25. The highest BCUT2D eigenvalue weighted by atomic mass is 16.5. The summed E-state index contributed by atoms with van der Waals surface area (Å²) < 4.78 is 16.1. The van der Waals surface area contributed by atoms with Crippen molar-refractivity contribution in [2.45, 2.75) is 19.8 Å². The summed E-state index contributed by atoms with van der Waals surface area (Å²) >= 11 is 0. The second kappa shape index (κ2) is 10.8. The van der Waals surface area contributed by atoms with Crippen molar-refractivity contribution in [1.29, 1.82) is 0 Å². The summed E-state index contributed by atoms with van der Waals surface area (Å²) in [4.78, 5) is 11.8. The number of nitrogens with zero attached hydrogens (tertiary/aromatic N) is 1. The predicted molar refractivity (Wildman–Crippen MR) is 101 cm³/mol. The lowest BCUT2D eigenvalue weighted by Gasteiger charge is -2.07. The van der Waals surface area contributed by atoms with E-state index in [9.17, 15) is 4.79 Å². The molecule has 26 heavy (non-hydrogen) atoms. The van der Waals surface area contributed by atoms with Gasteiger partial charge in [0.2, 0.25) is 0 Å². The number of hydrogen-bond donors (Lipinski definition) is 1. The van der Waals surface area contributed by atoms with Crippen LogP contribution in [0.15, 0.2) is 53.6 Å². The molecule has 138 valence electrons. The maximum atomic E-state index is 11.8. The normalized spacial score (nSPS) is 10.5. The summed E-state index contributed by atoms with van der Waals surface area (Å²) in [6.07, 6.45) is 3.66. The van der Waals surface area contributed by atoms with Crippen LogP contribution >= 0.6 is 0 Å². The van der Waals surface area contributed by atoms with Crippen LogP contribution in [0.2, 0.25) is 0 Å². The Hall–Kier alpha value is -3.02. The number of ether oxygens (including phenoxy) is 3. The number of nitrogens with one attached hydrogen (secondary N) is 1. The molecule has 0 atom stereocenters. The van der Waals surface area contributed by atoms with Crippen LogP contribution in [-0.2, 0) is 4.79 Å². The predicted octanol–water partition coefficient (Wildman–Crippen LogP) is 3.40. The number of carbonyl (C=O) groups is 1. The Labute approximate surface area is 153 Å². The molecular formula is C20H24N2O4. The van der Waals surface area contributed by atoms with E-state index in [0.29, 0.717) is 12.4 Å². The van der Waals surface area contributed by atoms with Crippen molar-refractivity contribution < 1.29 is 19.0 Å². The minimum Gasteiger partial charge on any atom is -0.497 e. The van der Waals surface area contributed by atoms with Gasteiger partial charge in [0.1, 0.15) is 17.2 Å². The van der Waals surface area contributed by atoms with E-state index in [-0.39, 0.29) is 12.5 Å². The highest BCUT2D eigenvalue weighted by molar-refractivity contribution is 5.83. The Morgan fingerprint density at radius 1 is 1.08 bits per heavy atom. The monoisotopic (exact) mass is 356 g/mol. The molecule has 0 unspecified atom stereocenters. The quantitative estimate of drug-likeness (QED) is 0.402. The number of hydrazone groups is 1. The third-order valence-corrected chi connectivity index (χ3v) is 3.46. The standard InChI is InChI=1S/C20H24N2O4/c1-3-4-12-25-17-8-10-18(11-9-17)26-15-20(23)22-21-14-16-6-5-7-19(13-16)24-2/h5-11,13-14H,3-4,12,15H2,1-2H3,(H,22,23)/b21-14-. The average Bonchev–Trinajstić information content (AvgIpc) is 2.68. The number of carbonyl (C=O) groups excluding carboxylic acids is 1. The third kappa shape index (κ3) is 6.84. The molecule has 6 nitrogen and oxygen atoms in total. The molecule has 2 aromatic carbocycles. The van der Waals surface area contributed by atoms with E-state index in [1.165, 1.54) is 0 Å². The molecule has 0 aliphatic carbocycles. The van der Waals surface area contributed by atoms with E-state index in [1.54, 1.807) is 25.5 Å². The molecule has 0 aromatic heterocycles. The molecule has 0 saturated carbocycles. The van der Waals surface area contributed by atoms with E-state index >= 15 is 0 Å². The number of rotatable bonds is 10. The van der Waals surface area contributed by atoms with Crippen LogP contribution < -0.4 is 19.6 Å². The van der Waals surface area contributed by atoms with Gasteiger partial charge >= 0.3 is 0 Å². The number of amides is 1. The molecule has 0 aliphatic rings. The largest absolute Gasteiger partial charge is 0.497 e. The topological polar surface area (TPSA) is 69.2 Å². The number of hydrogen-bond acceptors (Lipinski definition) is 5. The van der Waals surface area contributed by atoms with Gasteiger partial charge < -0.3 is 14.2 Å². The van der Waals surface area contributed by atoms with E-state index in [4.69, 9.17) is 14.2 Å². The maximum Gasteiger partial charge on any atom is 0.277 e. The van der Waals surface area contributed by atoms with Gasteiger partial charge in [0.25, 0.3) is 5.91 Å². The summed E-state index contributed by atoms with van der Waals surface area (Å²) in [7, 11) is 1.60. The first kappa shape index (κ1) is 19.3.